The molecular weight excluding hydrogens is 291 g/mol. The average molecular weight is 307 g/mol. The standard InChI is InChI=1S/C13H16F3NO2S/c1-19-12(18)11(17)5-6-20-8-9-3-2-4-10(7-9)13(14,15)16/h2-4,7,11H,5-6,8,17H2,1H3. The number of alkyl halides is 3. The van der Waals surface area contributed by atoms with Crippen molar-refractivity contribution in [2.45, 2.75) is 24.4 Å². The number of carbonyl (C=O) groups is 1. The number of esters is 1. The molecule has 0 radical (unpaired) electrons. The van der Waals surface area contributed by atoms with Crippen molar-refractivity contribution >= 4 is 17.7 Å². The Bertz CT molecular complexity index is 451. The third-order valence-corrected chi connectivity index (χ3v) is 3.66. The molecule has 2 N–H and O–H groups in total. The zero-order valence-electron chi connectivity index (χ0n) is 10.9. The number of hydrogen-bond donors (Lipinski definition) is 1. The molecular formula is C13H16F3NO2S. The predicted octanol–water partition coefficient (Wildman–Crippen LogP) is 2.83. The number of methoxy groups -OCH3 is 1. The molecule has 0 heterocycles. The minimum atomic E-state index is -4.33. The number of nitrogens with two attached hydrogens (primary N) is 1. The van der Waals surface area contributed by atoms with E-state index in [4.69, 9.17) is 5.73 Å². The zero-order valence-corrected chi connectivity index (χ0v) is 11.8. The first-order valence-corrected chi connectivity index (χ1v) is 7.07. The fourth-order valence-corrected chi connectivity index (χ4v) is 2.49. The van der Waals surface area contributed by atoms with Gasteiger partial charge in [-0.2, -0.15) is 24.9 Å². The highest BCUT2D eigenvalue weighted by Gasteiger charge is 2.30. The van der Waals surface area contributed by atoms with Crippen LogP contribution in [0, 0.1) is 0 Å². The number of hydrogen-bond acceptors (Lipinski definition) is 4. The summed E-state index contributed by atoms with van der Waals surface area (Å²) in [7, 11) is 1.26. The van der Waals surface area contributed by atoms with Gasteiger partial charge in [0.15, 0.2) is 0 Å². The lowest BCUT2D eigenvalue weighted by Crippen LogP contribution is -2.31. The first-order valence-electron chi connectivity index (χ1n) is 5.92. The van der Waals surface area contributed by atoms with Gasteiger partial charge in [0.2, 0.25) is 0 Å². The van der Waals surface area contributed by atoms with E-state index in [2.05, 4.69) is 4.74 Å². The van der Waals surface area contributed by atoms with E-state index in [-0.39, 0.29) is 0 Å². The highest BCUT2D eigenvalue weighted by atomic mass is 32.2. The minimum Gasteiger partial charge on any atom is -0.468 e. The van der Waals surface area contributed by atoms with Gasteiger partial charge in [0.1, 0.15) is 6.04 Å². The van der Waals surface area contributed by atoms with Crippen LogP contribution in [0.2, 0.25) is 0 Å². The number of carbonyl (C=O) groups excluding carboxylic acids is 1. The van der Waals surface area contributed by atoms with Crippen LogP contribution in [0.15, 0.2) is 24.3 Å². The molecule has 1 unspecified atom stereocenters. The monoisotopic (exact) mass is 307 g/mol. The van der Waals surface area contributed by atoms with E-state index in [1.165, 1.54) is 24.9 Å². The van der Waals surface area contributed by atoms with E-state index < -0.39 is 23.8 Å². The molecule has 1 aromatic carbocycles. The Morgan fingerprint density at radius 3 is 2.75 bits per heavy atom. The third-order valence-electron chi connectivity index (χ3n) is 2.60. The molecule has 1 atom stereocenters. The Hall–Kier alpha value is -1.21. The molecule has 112 valence electrons. The summed E-state index contributed by atoms with van der Waals surface area (Å²) >= 11 is 1.43. The summed E-state index contributed by atoms with van der Waals surface area (Å²) in [5, 5.41) is 0. The van der Waals surface area contributed by atoms with Crippen LogP contribution in [-0.2, 0) is 21.5 Å². The van der Waals surface area contributed by atoms with Crippen LogP contribution in [0.3, 0.4) is 0 Å². The Morgan fingerprint density at radius 2 is 2.15 bits per heavy atom. The van der Waals surface area contributed by atoms with Crippen molar-refractivity contribution in [3.8, 4) is 0 Å². The van der Waals surface area contributed by atoms with E-state index in [0.29, 0.717) is 23.5 Å². The second-order valence-corrected chi connectivity index (χ2v) is 5.27. The number of rotatable bonds is 6. The SMILES string of the molecule is COC(=O)C(N)CCSCc1cccc(C(F)(F)F)c1. The van der Waals surface area contributed by atoms with Crippen molar-refractivity contribution in [3.05, 3.63) is 35.4 Å². The average Bonchev–Trinajstić information content (AvgIpc) is 2.41. The third kappa shape index (κ3) is 5.42. The Balaban J connectivity index is 2.41. The van der Waals surface area contributed by atoms with Gasteiger partial charge in [-0.1, -0.05) is 18.2 Å². The van der Waals surface area contributed by atoms with Crippen molar-refractivity contribution in [1.29, 1.82) is 0 Å². The number of benzene rings is 1. The van der Waals surface area contributed by atoms with E-state index in [1.807, 2.05) is 0 Å². The van der Waals surface area contributed by atoms with Gasteiger partial charge < -0.3 is 10.5 Å². The summed E-state index contributed by atoms with van der Waals surface area (Å²) < 4.78 is 42.0. The van der Waals surface area contributed by atoms with Crippen molar-refractivity contribution in [2.24, 2.45) is 5.73 Å². The van der Waals surface area contributed by atoms with E-state index in [1.54, 1.807) is 6.07 Å². The maximum absolute atomic E-state index is 12.5. The highest BCUT2D eigenvalue weighted by molar-refractivity contribution is 7.98. The summed E-state index contributed by atoms with van der Waals surface area (Å²) in [6, 6.07) is 4.52. The first kappa shape index (κ1) is 16.8. The van der Waals surface area contributed by atoms with Gasteiger partial charge in [-0.25, -0.2) is 0 Å². The van der Waals surface area contributed by atoms with Crippen LogP contribution in [0.1, 0.15) is 17.5 Å². The van der Waals surface area contributed by atoms with Crippen molar-refractivity contribution in [1.82, 2.24) is 0 Å². The van der Waals surface area contributed by atoms with Crippen molar-refractivity contribution < 1.29 is 22.7 Å². The lowest BCUT2D eigenvalue weighted by molar-refractivity contribution is -0.142. The molecule has 3 nitrogen and oxygen atoms in total. The van der Waals surface area contributed by atoms with Crippen LogP contribution < -0.4 is 5.73 Å². The van der Waals surface area contributed by atoms with E-state index in [0.717, 1.165) is 12.1 Å². The fraction of sp³-hybridized carbons (Fsp3) is 0.462. The first-order chi connectivity index (χ1) is 9.34. The molecule has 0 spiro atoms. The van der Waals surface area contributed by atoms with Crippen molar-refractivity contribution in [3.63, 3.8) is 0 Å². The molecule has 1 aromatic rings. The molecule has 1 rings (SSSR count). The quantitative estimate of drug-likeness (QED) is 0.648. The lowest BCUT2D eigenvalue weighted by atomic mass is 10.1. The molecule has 20 heavy (non-hydrogen) atoms. The maximum Gasteiger partial charge on any atom is 0.416 e. The molecule has 0 aromatic heterocycles. The minimum absolute atomic E-state index is 0.427. The van der Waals surface area contributed by atoms with Crippen LogP contribution in [0.4, 0.5) is 13.2 Å². The van der Waals surface area contributed by atoms with Crippen LogP contribution in [0.5, 0.6) is 0 Å². The maximum atomic E-state index is 12.5. The number of halogens is 3. The number of ether oxygens (including phenoxy) is 1. The van der Waals surface area contributed by atoms with Gasteiger partial charge >= 0.3 is 12.1 Å². The van der Waals surface area contributed by atoms with Crippen LogP contribution >= 0.6 is 11.8 Å². The van der Waals surface area contributed by atoms with E-state index in [9.17, 15) is 18.0 Å². The fourth-order valence-electron chi connectivity index (χ4n) is 1.51. The molecule has 0 fully saturated rings. The van der Waals surface area contributed by atoms with Gasteiger partial charge in [-0.15, -0.1) is 0 Å². The lowest BCUT2D eigenvalue weighted by Gasteiger charge is -2.10. The van der Waals surface area contributed by atoms with Gasteiger partial charge in [0.05, 0.1) is 12.7 Å². The number of thioether (sulfide) groups is 1. The van der Waals surface area contributed by atoms with Gasteiger partial charge in [-0.05, 0) is 23.8 Å². The van der Waals surface area contributed by atoms with E-state index >= 15 is 0 Å². The molecule has 0 aliphatic rings. The van der Waals surface area contributed by atoms with Gasteiger partial charge in [-0.3, -0.25) is 4.79 Å². The summed E-state index contributed by atoms with van der Waals surface area (Å²) in [5.74, 6) is 0.536. The zero-order chi connectivity index (χ0) is 15.2. The summed E-state index contributed by atoms with van der Waals surface area (Å²) in [6.07, 6.45) is -3.90. The predicted molar refractivity (Wildman–Crippen MR) is 72.2 cm³/mol. The Labute approximate surface area is 119 Å². The largest absolute Gasteiger partial charge is 0.468 e. The summed E-state index contributed by atoms with van der Waals surface area (Å²) in [4.78, 5) is 11.0. The van der Waals surface area contributed by atoms with Gasteiger partial charge in [0, 0.05) is 5.75 Å². The Kier molecular flexibility index (Phi) is 6.35. The van der Waals surface area contributed by atoms with Crippen LogP contribution in [0.25, 0.3) is 0 Å². The van der Waals surface area contributed by atoms with Crippen LogP contribution in [-0.4, -0.2) is 24.9 Å². The second kappa shape index (κ2) is 7.54. The summed E-state index contributed by atoms with van der Waals surface area (Å²) in [6.45, 7) is 0. The molecule has 0 saturated carbocycles. The normalized spacial score (nSPS) is 13.1. The topological polar surface area (TPSA) is 52.3 Å². The summed E-state index contributed by atoms with van der Waals surface area (Å²) in [5.41, 5.74) is 5.49. The molecule has 0 aliphatic carbocycles. The highest BCUT2D eigenvalue weighted by Crippen LogP contribution is 2.30. The van der Waals surface area contributed by atoms with Crippen molar-refractivity contribution in [2.75, 3.05) is 12.9 Å². The molecule has 7 heteroatoms. The Morgan fingerprint density at radius 1 is 1.45 bits per heavy atom. The molecule has 0 amide bonds. The molecule has 0 aliphatic heterocycles. The molecule has 0 bridgehead atoms. The van der Waals surface area contributed by atoms with Gasteiger partial charge in [0.25, 0.3) is 0 Å². The molecule has 0 saturated heterocycles. The smallest absolute Gasteiger partial charge is 0.416 e. The second-order valence-electron chi connectivity index (χ2n) is 4.17.